The minimum absolute atomic E-state index is 0.213. The molecule has 5 rings (SSSR count). The molecule has 1 fully saturated rings. The van der Waals surface area contributed by atoms with E-state index in [9.17, 15) is 4.79 Å². The second-order valence-electron chi connectivity index (χ2n) is 7.46. The average Bonchev–Trinajstić information content (AvgIpc) is 3.38. The Morgan fingerprint density at radius 2 is 2.00 bits per heavy atom. The van der Waals surface area contributed by atoms with Gasteiger partial charge in [0.05, 0.1) is 22.4 Å². The van der Waals surface area contributed by atoms with Gasteiger partial charge < -0.3 is 19.4 Å². The van der Waals surface area contributed by atoms with Gasteiger partial charge in [-0.05, 0) is 50.2 Å². The number of benzene rings is 2. The summed E-state index contributed by atoms with van der Waals surface area (Å²) in [6.45, 7) is 2.10. The number of carboxylic acids is 1. The largest absolute Gasteiger partial charge is 0.483 e. The molecule has 2 N–H and O–H groups in total. The normalized spacial score (nSPS) is 14.8. The molecule has 166 valence electrons. The highest BCUT2D eigenvalue weighted by Gasteiger charge is 2.25. The number of carboxylic acid groups (broad SMARTS) is 2. The molecule has 0 radical (unpaired) electrons. The first-order valence-electron chi connectivity index (χ1n) is 10.1. The summed E-state index contributed by atoms with van der Waals surface area (Å²) >= 11 is 1.52. The van der Waals surface area contributed by atoms with Crippen molar-refractivity contribution in [3.05, 3.63) is 54.3 Å². The summed E-state index contributed by atoms with van der Waals surface area (Å²) < 4.78 is 12.8. The van der Waals surface area contributed by atoms with Gasteiger partial charge in [0.1, 0.15) is 11.3 Å². The van der Waals surface area contributed by atoms with Crippen molar-refractivity contribution < 1.29 is 29.0 Å². The second kappa shape index (κ2) is 9.80. The summed E-state index contributed by atoms with van der Waals surface area (Å²) in [5, 5.41) is 17.7. The van der Waals surface area contributed by atoms with Crippen LogP contribution in [0.2, 0.25) is 0 Å². The van der Waals surface area contributed by atoms with Crippen LogP contribution in [-0.2, 0) is 16.1 Å². The Kier molecular flexibility index (Phi) is 6.67. The van der Waals surface area contributed by atoms with Gasteiger partial charge in [0.15, 0.2) is 0 Å². The quantitative estimate of drug-likeness (QED) is 0.412. The van der Waals surface area contributed by atoms with Crippen LogP contribution in [0.1, 0.15) is 18.4 Å². The van der Waals surface area contributed by atoms with E-state index in [4.69, 9.17) is 24.2 Å². The van der Waals surface area contributed by atoms with Crippen molar-refractivity contribution in [3.8, 4) is 10.9 Å². The maximum atomic E-state index is 11.1. The molecule has 0 amide bonds. The number of rotatable bonds is 5. The van der Waals surface area contributed by atoms with E-state index >= 15 is 0 Å². The van der Waals surface area contributed by atoms with Crippen LogP contribution in [0, 0.1) is 5.92 Å². The molecule has 9 heteroatoms. The van der Waals surface area contributed by atoms with Crippen molar-refractivity contribution in [1.82, 2.24) is 9.88 Å². The molecule has 8 nitrogen and oxygen atoms in total. The Labute approximate surface area is 187 Å². The Hall–Kier alpha value is -3.43. The molecule has 0 aliphatic carbocycles. The molecule has 0 unspecified atom stereocenters. The lowest BCUT2D eigenvalue weighted by molar-refractivity contribution is -0.143. The lowest BCUT2D eigenvalue weighted by Gasteiger charge is -2.29. The van der Waals surface area contributed by atoms with Gasteiger partial charge in [-0.3, -0.25) is 14.5 Å². The molecule has 32 heavy (non-hydrogen) atoms. The summed E-state index contributed by atoms with van der Waals surface area (Å²) in [5.74, 6) is -0.201. The van der Waals surface area contributed by atoms with Crippen LogP contribution in [0.15, 0.2) is 53.1 Å². The smallest absolute Gasteiger partial charge is 0.306 e. The first-order valence-corrected chi connectivity index (χ1v) is 11.0. The Bertz CT molecular complexity index is 1190. The number of hydrogen-bond donors (Lipinski definition) is 2. The number of ether oxygens (including phenoxy) is 1. The number of aliphatic carboxylic acids is 1. The Morgan fingerprint density at radius 1 is 1.25 bits per heavy atom. The molecule has 2 aromatic heterocycles. The zero-order chi connectivity index (χ0) is 22.5. The zero-order valence-electron chi connectivity index (χ0n) is 17.1. The lowest BCUT2D eigenvalue weighted by Crippen LogP contribution is -2.35. The summed E-state index contributed by atoms with van der Waals surface area (Å²) in [6, 6.07) is 13.8. The third-order valence-corrected chi connectivity index (χ3v) is 6.35. The van der Waals surface area contributed by atoms with Crippen molar-refractivity contribution in [2.24, 2.45) is 5.92 Å². The monoisotopic (exact) mass is 454 g/mol. The third-order valence-electron chi connectivity index (χ3n) is 5.44. The van der Waals surface area contributed by atoms with E-state index in [1.165, 1.54) is 11.3 Å². The van der Waals surface area contributed by atoms with E-state index in [1.807, 2.05) is 42.5 Å². The second-order valence-corrected chi connectivity index (χ2v) is 8.46. The zero-order valence-corrected chi connectivity index (χ0v) is 18.0. The summed E-state index contributed by atoms with van der Waals surface area (Å²) in [6.07, 6.45) is 3.19. The van der Waals surface area contributed by atoms with Crippen molar-refractivity contribution in [1.29, 1.82) is 0 Å². The van der Waals surface area contributed by atoms with Gasteiger partial charge in [-0.25, -0.2) is 4.98 Å². The molecule has 0 saturated carbocycles. The number of aromatic nitrogens is 1. The minimum atomic E-state index is -0.681. The average molecular weight is 455 g/mol. The number of carbonyl (C=O) groups is 2. The maximum Gasteiger partial charge on any atom is 0.306 e. The summed E-state index contributed by atoms with van der Waals surface area (Å²) in [7, 11) is 0. The number of hydrogen-bond acceptors (Lipinski definition) is 7. The van der Waals surface area contributed by atoms with Crippen molar-refractivity contribution in [2.45, 2.75) is 19.4 Å². The number of para-hydroxylation sites is 1. The van der Waals surface area contributed by atoms with E-state index in [2.05, 4.69) is 9.88 Å². The molecule has 0 atom stereocenters. The summed E-state index contributed by atoms with van der Waals surface area (Å²) in [4.78, 5) is 26.3. The molecule has 0 bridgehead atoms. The molecule has 0 spiro atoms. The predicted octanol–water partition coefficient (Wildman–Crippen LogP) is 4.83. The Morgan fingerprint density at radius 3 is 2.72 bits per heavy atom. The van der Waals surface area contributed by atoms with Gasteiger partial charge in [0.2, 0.25) is 0 Å². The Balaban J connectivity index is 0.000000775. The standard InChI is InChI=1S/C22H20N2O4S.CH2O2/c25-21(26)14-7-9-24(10-8-14)12-15-13-27-19-11-16(5-6-17(15)19)28-22-23-18-3-1-2-4-20(18)29-22;2-1-3/h1-6,11,13-14H,7-10,12H2,(H,25,26);1H,(H,2,3). The minimum Gasteiger partial charge on any atom is -0.483 e. The topological polar surface area (TPSA) is 113 Å². The summed E-state index contributed by atoms with van der Waals surface area (Å²) in [5.41, 5.74) is 2.82. The SMILES string of the molecule is O=C(O)C1CCN(Cc2coc3cc(Oc4nc5ccccc5s4)ccc23)CC1.O=CO. The molecule has 4 aromatic rings. The number of likely N-dealkylation sites (tertiary alicyclic amines) is 1. The molecule has 3 heterocycles. The van der Waals surface area contributed by atoms with Crippen LogP contribution < -0.4 is 4.74 Å². The number of furan rings is 1. The highest BCUT2D eigenvalue weighted by Crippen LogP contribution is 2.33. The number of piperidine rings is 1. The van der Waals surface area contributed by atoms with Crippen LogP contribution in [0.3, 0.4) is 0 Å². The number of nitrogens with zero attached hydrogens (tertiary/aromatic N) is 2. The van der Waals surface area contributed by atoms with E-state index in [1.54, 1.807) is 6.26 Å². The molecule has 1 aliphatic heterocycles. The van der Waals surface area contributed by atoms with E-state index < -0.39 is 5.97 Å². The first-order chi connectivity index (χ1) is 15.6. The fraction of sp³-hybridized carbons (Fsp3) is 0.261. The van der Waals surface area contributed by atoms with Crippen LogP contribution in [-0.4, -0.2) is 45.6 Å². The fourth-order valence-corrected chi connectivity index (χ4v) is 4.66. The van der Waals surface area contributed by atoms with E-state index in [0.717, 1.165) is 46.4 Å². The molecule has 1 saturated heterocycles. The van der Waals surface area contributed by atoms with Crippen LogP contribution in [0.25, 0.3) is 21.2 Å². The van der Waals surface area contributed by atoms with E-state index in [0.29, 0.717) is 23.8 Å². The van der Waals surface area contributed by atoms with Gasteiger partial charge in [-0.1, -0.05) is 23.5 Å². The maximum absolute atomic E-state index is 11.1. The van der Waals surface area contributed by atoms with E-state index in [-0.39, 0.29) is 12.4 Å². The fourth-order valence-electron chi connectivity index (χ4n) is 3.82. The predicted molar refractivity (Wildman–Crippen MR) is 120 cm³/mol. The highest BCUT2D eigenvalue weighted by molar-refractivity contribution is 7.20. The van der Waals surface area contributed by atoms with Crippen molar-refractivity contribution in [3.63, 3.8) is 0 Å². The van der Waals surface area contributed by atoms with Crippen molar-refractivity contribution in [2.75, 3.05) is 13.1 Å². The molecular weight excluding hydrogens is 432 g/mol. The van der Waals surface area contributed by atoms with Gasteiger partial charge >= 0.3 is 5.97 Å². The van der Waals surface area contributed by atoms with Gasteiger partial charge in [0, 0.05) is 23.6 Å². The third kappa shape index (κ3) is 4.90. The molecular formula is C23H22N2O6S. The van der Waals surface area contributed by atoms with Crippen LogP contribution in [0.5, 0.6) is 10.9 Å². The number of fused-ring (bicyclic) bond motifs is 2. The van der Waals surface area contributed by atoms with Crippen LogP contribution >= 0.6 is 11.3 Å². The number of thiazole rings is 1. The van der Waals surface area contributed by atoms with Gasteiger partial charge in [0.25, 0.3) is 11.7 Å². The first kappa shape index (κ1) is 21.8. The molecule has 1 aliphatic rings. The van der Waals surface area contributed by atoms with Gasteiger partial charge in [-0.15, -0.1) is 0 Å². The van der Waals surface area contributed by atoms with Crippen molar-refractivity contribution >= 4 is 45.0 Å². The van der Waals surface area contributed by atoms with Crippen LogP contribution in [0.4, 0.5) is 0 Å². The lowest BCUT2D eigenvalue weighted by atomic mass is 9.97. The van der Waals surface area contributed by atoms with Gasteiger partial charge in [-0.2, -0.15) is 0 Å². The molecule has 2 aromatic carbocycles. The highest BCUT2D eigenvalue weighted by atomic mass is 32.1.